The third-order valence-electron chi connectivity index (χ3n) is 1.05. The molecule has 0 aliphatic rings. The highest BCUT2D eigenvalue weighted by Crippen LogP contribution is 2.11. The Bertz CT molecular complexity index is 154. The van der Waals surface area contributed by atoms with E-state index < -0.39 is 0 Å². The molecule has 0 aliphatic carbocycles. The predicted molar refractivity (Wildman–Crippen MR) is 57.9 cm³/mol. The van der Waals surface area contributed by atoms with Gasteiger partial charge in [-0.3, -0.25) is 0 Å². The Morgan fingerprint density at radius 1 is 1.08 bits per heavy atom. The standard InChI is InChI=1S/C6H12.C6H10/c2*1-5-6(2,3)4/h5H,1H2,2-4H3;1H,2-4H3. The first-order chi connectivity index (χ1) is 5.12. The second kappa shape index (κ2) is 5.04. The van der Waals surface area contributed by atoms with Crippen LogP contribution in [-0.4, -0.2) is 0 Å². The molecule has 70 valence electrons. The highest BCUT2D eigenvalue weighted by atomic mass is 14.0. The van der Waals surface area contributed by atoms with E-state index in [1.165, 1.54) is 0 Å². The van der Waals surface area contributed by atoms with Gasteiger partial charge in [-0.25, -0.2) is 0 Å². The smallest absolute Gasteiger partial charge is 0.0227 e. The topological polar surface area (TPSA) is 0 Å². The molecule has 0 saturated heterocycles. The van der Waals surface area contributed by atoms with Crippen molar-refractivity contribution >= 4 is 0 Å². The number of hydrogen-bond acceptors (Lipinski definition) is 0. The lowest BCUT2D eigenvalue weighted by Crippen LogP contribution is -1.97. The average molecular weight is 166 g/mol. The highest BCUT2D eigenvalue weighted by molar-refractivity contribution is 4.96. The monoisotopic (exact) mass is 166 g/mol. The van der Waals surface area contributed by atoms with Gasteiger partial charge in [0.2, 0.25) is 0 Å². The van der Waals surface area contributed by atoms with Gasteiger partial charge in [0, 0.05) is 5.41 Å². The van der Waals surface area contributed by atoms with Gasteiger partial charge < -0.3 is 0 Å². The van der Waals surface area contributed by atoms with Crippen LogP contribution in [-0.2, 0) is 0 Å². The molecule has 0 N–H and O–H groups in total. The van der Waals surface area contributed by atoms with Crippen LogP contribution < -0.4 is 0 Å². The van der Waals surface area contributed by atoms with E-state index in [9.17, 15) is 0 Å². The Kier molecular flexibility index (Phi) is 5.82. The van der Waals surface area contributed by atoms with E-state index in [0.29, 0.717) is 5.41 Å². The van der Waals surface area contributed by atoms with Gasteiger partial charge in [-0.05, 0) is 26.2 Å². The van der Waals surface area contributed by atoms with Gasteiger partial charge >= 0.3 is 0 Å². The third kappa shape index (κ3) is 22.8. The first-order valence-electron chi connectivity index (χ1n) is 4.24. The minimum atomic E-state index is 0.0694. The lowest BCUT2D eigenvalue weighted by Gasteiger charge is -2.08. The summed E-state index contributed by atoms with van der Waals surface area (Å²) in [4.78, 5) is 0. The molecule has 0 amide bonds. The van der Waals surface area contributed by atoms with Crippen LogP contribution in [0.5, 0.6) is 0 Å². The van der Waals surface area contributed by atoms with Gasteiger partial charge in [-0.2, -0.15) is 0 Å². The van der Waals surface area contributed by atoms with Crippen LogP contribution in [0.4, 0.5) is 0 Å². The van der Waals surface area contributed by atoms with Gasteiger partial charge in [0.1, 0.15) is 0 Å². The van der Waals surface area contributed by atoms with Crippen molar-refractivity contribution in [2.24, 2.45) is 10.8 Å². The highest BCUT2D eigenvalue weighted by Gasteiger charge is 2.00. The molecule has 0 unspecified atom stereocenters. The second-order valence-corrected chi connectivity index (χ2v) is 4.96. The Morgan fingerprint density at radius 2 is 1.25 bits per heavy atom. The summed E-state index contributed by atoms with van der Waals surface area (Å²) < 4.78 is 0. The Hall–Kier alpha value is -0.700. The van der Waals surface area contributed by atoms with Crippen molar-refractivity contribution in [1.29, 1.82) is 0 Å². The molecule has 0 aliphatic heterocycles. The molecule has 0 nitrogen and oxygen atoms in total. The number of terminal acetylenes is 1. The van der Waals surface area contributed by atoms with Crippen LogP contribution in [0.15, 0.2) is 12.7 Å². The molecule has 0 spiro atoms. The Morgan fingerprint density at radius 3 is 1.25 bits per heavy atom. The third-order valence-corrected chi connectivity index (χ3v) is 1.05. The zero-order chi connectivity index (χ0) is 10.4. The zero-order valence-electron chi connectivity index (χ0n) is 9.36. The lowest BCUT2D eigenvalue weighted by molar-refractivity contribution is 0.546. The van der Waals surface area contributed by atoms with Gasteiger partial charge in [-0.15, -0.1) is 18.9 Å². The Balaban J connectivity index is 0. The van der Waals surface area contributed by atoms with E-state index in [0.717, 1.165) is 0 Å². The fourth-order valence-electron chi connectivity index (χ4n) is 0. The molecule has 0 heterocycles. The van der Waals surface area contributed by atoms with Crippen molar-refractivity contribution in [3.05, 3.63) is 12.7 Å². The molecule has 12 heavy (non-hydrogen) atoms. The molecule has 0 fully saturated rings. The first kappa shape index (κ1) is 13.9. The summed E-state index contributed by atoms with van der Waals surface area (Å²) in [5, 5.41) is 0. The zero-order valence-corrected chi connectivity index (χ0v) is 9.36. The summed E-state index contributed by atoms with van der Waals surface area (Å²) >= 11 is 0. The van der Waals surface area contributed by atoms with E-state index in [1.54, 1.807) is 0 Å². The maximum atomic E-state index is 5.06. The average Bonchev–Trinajstić information content (AvgIpc) is 1.86. The van der Waals surface area contributed by atoms with Gasteiger partial charge in [0.25, 0.3) is 0 Å². The number of allylic oxidation sites excluding steroid dienone is 1. The number of rotatable bonds is 0. The van der Waals surface area contributed by atoms with Crippen LogP contribution >= 0.6 is 0 Å². The van der Waals surface area contributed by atoms with Crippen LogP contribution in [0.25, 0.3) is 0 Å². The SMILES string of the molecule is C#CC(C)(C)C.C=CC(C)(C)C. The maximum Gasteiger partial charge on any atom is 0.0227 e. The second-order valence-electron chi connectivity index (χ2n) is 4.96. The van der Waals surface area contributed by atoms with Crippen molar-refractivity contribution in [2.75, 3.05) is 0 Å². The van der Waals surface area contributed by atoms with Crippen LogP contribution in [0.2, 0.25) is 0 Å². The molecule has 0 radical (unpaired) electrons. The van der Waals surface area contributed by atoms with E-state index in [4.69, 9.17) is 6.42 Å². The van der Waals surface area contributed by atoms with Crippen LogP contribution in [0, 0.1) is 23.2 Å². The molecule has 0 bridgehead atoms. The van der Waals surface area contributed by atoms with Gasteiger partial charge in [0.05, 0.1) is 0 Å². The van der Waals surface area contributed by atoms with Crippen molar-refractivity contribution in [2.45, 2.75) is 41.5 Å². The molecule has 0 atom stereocenters. The minimum Gasteiger partial charge on any atom is -0.120 e. The fourth-order valence-corrected chi connectivity index (χ4v) is 0. The lowest BCUT2D eigenvalue weighted by atomic mass is 9.98. The van der Waals surface area contributed by atoms with E-state index in [2.05, 4.69) is 33.3 Å². The first-order valence-corrected chi connectivity index (χ1v) is 4.24. The van der Waals surface area contributed by atoms with Crippen LogP contribution in [0.1, 0.15) is 41.5 Å². The van der Waals surface area contributed by atoms with Gasteiger partial charge in [0.15, 0.2) is 0 Å². The van der Waals surface area contributed by atoms with Crippen molar-refractivity contribution in [3.8, 4) is 12.3 Å². The molecular weight excluding hydrogens is 144 g/mol. The molecule has 0 saturated carbocycles. The molecule has 0 aromatic carbocycles. The normalized spacial score (nSPS) is 10.8. The Labute approximate surface area is 78.1 Å². The van der Waals surface area contributed by atoms with Crippen LogP contribution in [0.3, 0.4) is 0 Å². The molecule has 0 aromatic rings. The summed E-state index contributed by atoms with van der Waals surface area (Å²) in [7, 11) is 0. The molecule has 0 aromatic heterocycles. The van der Waals surface area contributed by atoms with E-state index >= 15 is 0 Å². The van der Waals surface area contributed by atoms with E-state index in [-0.39, 0.29) is 5.41 Å². The summed E-state index contributed by atoms with van der Waals surface area (Å²) in [6, 6.07) is 0. The molecule has 0 heteroatoms. The van der Waals surface area contributed by atoms with Crippen molar-refractivity contribution in [1.82, 2.24) is 0 Å². The fraction of sp³-hybridized carbons (Fsp3) is 0.667. The van der Waals surface area contributed by atoms with Crippen molar-refractivity contribution in [3.63, 3.8) is 0 Å². The summed E-state index contributed by atoms with van der Waals surface area (Å²) in [6.07, 6.45) is 6.99. The van der Waals surface area contributed by atoms with Crippen molar-refractivity contribution < 1.29 is 0 Å². The van der Waals surface area contributed by atoms with Gasteiger partial charge in [-0.1, -0.05) is 26.8 Å². The molecular formula is C12H22. The molecule has 0 rings (SSSR count). The predicted octanol–water partition coefficient (Wildman–Crippen LogP) is 3.88. The maximum absolute atomic E-state index is 5.06. The quantitative estimate of drug-likeness (QED) is 0.378. The largest absolute Gasteiger partial charge is 0.120 e. The summed E-state index contributed by atoms with van der Waals surface area (Å²) in [5.74, 6) is 2.60. The number of hydrogen-bond donors (Lipinski definition) is 0. The minimum absolute atomic E-state index is 0.0694. The summed E-state index contributed by atoms with van der Waals surface area (Å²) in [6.45, 7) is 16.0. The summed E-state index contributed by atoms with van der Waals surface area (Å²) in [5.41, 5.74) is 0.375. The van der Waals surface area contributed by atoms with E-state index in [1.807, 2.05) is 26.8 Å².